The van der Waals surface area contributed by atoms with Gasteiger partial charge in [-0.1, -0.05) is 5.16 Å². The van der Waals surface area contributed by atoms with Gasteiger partial charge in [-0.05, 0) is 13.8 Å². The average Bonchev–Trinajstić information content (AvgIpc) is 2.60. The maximum atomic E-state index is 11.5. The Morgan fingerprint density at radius 3 is 2.81 bits per heavy atom. The molecule has 1 aromatic heterocycles. The molecule has 2 atom stereocenters. The van der Waals surface area contributed by atoms with Crippen LogP contribution in [0.25, 0.3) is 0 Å². The van der Waals surface area contributed by atoms with E-state index >= 15 is 0 Å². The molecular weight excluding hydrogens is 212 g/mol. The summed E-state index contributed by atoms with van der Waals surface area (Å²) in [5, 5.41) is 24.3. The van der Waals surface area contributed by atoms with Crippen LogP contribution < -0.4 is 5.32 Å². The van der Waals surface area contributed by atoms with Gasteiger partial charge in [-0.15, -0.1) is 0 Å². The summed E-state index contributed by atoms with van der Waals surface area (Å²) in [6.45, 7) is 2.95. The topological polar surface area (TPSA) is 95.6 Å². The van der Waals surface area contributed by atoms with E-state index in [1.165, 1.54) is 6.92 Å². The van der Waals surface area contributed by atoms with E-state index in [-0.39, 0.29) is 18.9 Å². The Bertz CT molecular complexity index is 348. The summed E-state index contributed by atoms with van der Waals surface area (Å²) in [6.07, 6.45) is -0.755. The number of hydrogen-bond donors (Lipinski definition) is 3. The molecular formula is C10H16N2O4. The van der Waals surface area contributed by atoms with Crippen LogP contribution in [0.2, 0.25) is 0 Å². The first kappa shape index (κ1) is 12.7. The van der Waals surface area contributed by atoms with Crippen molar-refractivity contribution in [3.63, 3.8) is 0 Å². The molecule has 16 heavy (non-hydrogen) atoms. The lowest BCUT2D eigenvalue weighted by atomic mass is 10.2. The van der Waals surface area contributed by atoms with E-state index in [4.69, 9.17) is 9.63 Å². The van der Waals surface area contributed by atoms with Crippen molar-refractivity contribution in [2.45, 2.75) is 32.4 Å². The van der Waals surface area contributed by atoms with Gasteiger partial charge in [0.25, 0.3) is 0 Å². The Morgan fingerprint density at radius 1 is 1.69 bits per heavy atom. The lowest BCUT2D eigenvalue weighted by Gasteiger charge is -2.18. The molecule has 1 rings (SSSR count). The summed E-state index contributed by atoms with van der Waals surface area (Å²) in [4.78, 5) is 11.5. The van der Waals surface area contributed by atoms with E-state index in [0.717, 1.165) is 0 Å². The summed E-state index contributed by atoms with van der Waals surface area (Å²) < 4.78 is 4.87. The molecule has 0 aliphatic carbocycles. The fourth-order valence-corrected chi connectivity index (χ4v) is 1.23. The molecule has 6 heteroatoms. The first-order valence-electron chi connectivity index (χ1n) is 5.03. The van der Waals surface area contributed by atoms with Gasteiger partial charge in [0, 0.05) is 6.07 Å². The molecule has 90 valence electrons. The second kappa shape index (κ2) is 5.62. The van der Waals surface area contributed by atoms with Crippen molar-refractivity contribution in [1.29, 1.82) is 0 Å². The number of rotatable bonds is 5. The third-order valence-electron chi connectivity index (χ3n) is 2.14. The first-order chi connectivity index (χ1) is 7.52. The molecule has 0 spiro atoms. The van der Waals surface area contributed by atoms with E-state index in [9.17, 15) is 9.90 Å². The highest BCUT2D eigenvalue weighted by atomic mass is 16.5. The molecule has 1 heterocycles. The standard InChI is InChI=1S/C10H16N2O4/c1-6-3-8(16-12-6)4-10(15)11-9(5-13)7(2)14/h3,7,9,13-14H,4-5H2,1-2H3,(H,11,15)/t7-,9-/m1/s1. The van der Waals surface area contributed by atoms with Crippen LogP contribution in [0.4, 0.5) is 0 Å². The van der Waals surface area contributed by atoms with Gasteiger partial charge in [-0.2, -0.15) is 0 Å². The molecule has 0 aliphatic heterocycles. The number of aryl methyl sites for hydroxylation is 1. The highest BCUT2D eigenvalue weighted by molar-refractivity contribution is 5.78. The molecule has 0 saturated heterocycles. The van der Waals surface area contributed by atoms with Crippen molar-refractivity contribution >= 4 is 5.91 Å². The van der Waals surface area contributed by atoms with E-state index in [2.05, 4.69) is 10.5 Å². The first-order valence-corrected chi connectivity index (χ1v) is 5.03. The zero-order valence-electron chi connectivity index (χ0n) is 9.30. The summed E-state index contributed by atoms with van der Waals surface area (Å²) in [5.74, 6) is 0.133. The maximum absolute atomic E-state index is 11.5. The molecule has 0 aliphatic rings. The molecule has 1 amide bonds. The molecule has 0 unspecified atom stereocenters. The Hall–Kier alpha value is -1.40. The Labute approximate surface area is 93.3 Å². The fraction of sp³-hybridized carbons (Fsp3) is 0.600. The number of aliphatic hydroxyl groups excluding tert-OH is 2. The van der Waals surface area contributed by atoms with Gasteiger partial charge in [0.1, 0.15) is 5.76 Å². The van der Waals surface area contributed by atoms with Gasteiger partial charge in [-0.3, -0.25) is 4.79 Å². The fourth-order valence-electron chi connectivity index (χ4n) is 1.23. The lowest BCUT2D eigenvalue weighted by Crippen LogP contribution is -2.45. The molecule has 1 aromatic rings. The van der Waals surface area contributed by atoms with Crippen molar-refractivity contribution in [3.05, 3.63) is 17.5 Å². The zero-order valence-corrected chi connectivity index (χ0v) is 9.30. The average molecular weight is 228 g/mol. The Balaban J connectivity index is 2.47. The second-order valence-corrected chi connectivity index (χ2v) is 3.71. The van der Waals surface area contributed by atoms with Crippen LogP contribution in [-0.4, -0.2) is 40.0 Å². The van der Waals surface area contributed by atoms with E-state index in [1.54, 1.807) is 13.0 Å². The Morgan fingerprint density at radius 2 is 2.38 bits per heavy atom. The molecule has 0 saturated carbocycles. The maximum Gasteiger partial charge on any atom is 0.228 e. The van der Waals surface area contributed by atoms with Crippen molar-refractivity contribution in [3.8, 4) is 0 Å². The number of nitrogens with zero attached hydrogens (tertiary/aromatic N) is 1. The summed E-state index contributed by atoms with van der Waals surface area (Å²) in [5.41, 5.74) is 0.706. The van der Waals surface area contributed by atoms with E-state index < -0.39 is 12.1 Å². The van der Waals surface area contributed by atoms with Crippen LogP contribution >= 0.6 is 0 Å². The van der Waals surface area contributed by atoms with Gasteiger partial charge in [0.05, 0.1) is 30.9 Å². The van der Waals surface area contributed by atoms with Crippen LogP contribution in [0.1, 0.15) is 18.4 Å². The Kier molecular flexibility index (Phi) is 4.45. The van der Waals surface area contributed by atoms with Crippen molar-refractivity contribution in [2.24, 2.45) is 0 Å². The zero-order chi connectivity index (χ0) is 12.1. The quantitative estimate of drug-likeness (QED) is 0.624. The van der Waals surface area contributed by atoms with Crippen LogP contribution in [0.3, 0.4) is 0 Å². The SMILES string of the molecule is Cc1cc(CC(=O)N[C@H](CO)[C@@H](C)O)on1. The van der Waals surface area contributed by atoms with Crippen molar-refractivity contribution in [2.75, 3.05) is 6.61 Å². The van der Waals surface area contributed by atoms with Gasteiger partial charge in [-0.25, -0.2) is 0 Å². The number of carbonyl (C=O) groups is 1. The van der Waals surface area contributed by atoms with Gasteiger partial charge >= 0.3 is 0 Å². The highest BCUT2D eigenvalue weighted by Crippen LogP contribution is 2.03. The smallest absolute Gasteiger partial charge is 0.228 e. The van der Waals surface area contributed by atoms with Crippen LogP contribution in [0.15, 0.2) is 10.6 Å². The molecule has 0 bridgehead atoms. The van der Waals surface area contributed by atoms with Crippen LogP contribution in [0, 0.1) is 6.92 Å². The van der Waals surface area contributed by atoms with Crippen LogP contribution in [0.5, 0.6) is 0 Å². The minimum atomic E-state index is -0.801. The van der Waals surface area contributed by atoms with Gasteiger partial charge in [0.2, 0.25) is 5.91 Å². The monoisotopic (exact) mass is 228 g/mol. The molecule has 3 N–H and O–H groups in total. The number of amides is 1. The summed E-state index contributed by atoms with van der Waals surface area (Å²) in [6, 6.07) is 1.01. The molecule has 6 nitrogen and oxygen atoms in total. The molecule has 0 fully saturated rings. The summed E-state index contributed by atoms with van der Waals surface area (Å²) >= 11 is 0. The number of hydrogen-bond acceptors (Lipinski definition) is 5. The van der Waals surface area contributed by atoms with Gasteiger partial charge < -0.3 is 20.1 Å². The minimum Gasteiger partial charge on any atom is -0.394 e. The largest absolute Gasteiger partial charge is 0.394 e. The number of carbonyl (C=O) groups excluding carboxylic acids is 1. The second-order valence-electron chi connectivity index (χ2n) is 3.71. The van der Waals surface area contributed by atoms with Crippen molar-refractivity contribution < 1.29 is 19.5 Å². The third kappa shape index (κ3) is 3.63. The van der Waals surface area contributed by atoms with Crippen LogP contribution in [-0.2, 0) is 11.2 Å². The lowest BCUT2D eigenvalue weighted by molar-refractivity contribution is -0.122. The van der Waals surface area contributed by atoms with E-state index in [0.29, 0.717) is 11.5 Å². The van der Waals surface area contributed by atoms with Gasteiger partial charge in [0.15, 0.2) is 0 Å². The predicted molar refractivity (Wildman–Crippen MR) is 55.6 cm³/mol. The minimum absolute atomic E-state index is 0.0457. The van der Waals surface area contributed by atoms with E-state index in [1.807, 2.05) is 0 Å². The molecule has 0 radical (unpaired) electrons. The number of nitrogens with one attached hydrogen (secondary N) is 1. The normalized spacial score (nSPS) is 14.5. The predicted octanol–water partition coefficient (Wildman–Crippen LogP) is -0.617. The molecule has 0 aromatic carbocycles. The number of aromatic nitrogens is 1. The number of aliphatic hydroxyl groups is 2. The highest BCUT2D eigenvalue weighted by Gasteiger charge is 2.17. The third-order valence-corrected chi connectivity index (χ3v) is 2.14. The van der Waals surface area contributed by atoms with Crippen molar-refractivity contribution in [1.82, 2.24) is 10.5 Å². The summed E-state index contributed by atoms with van der Waals surface area (Å²) in [7, 11) is 0.